The van der Waals surface area contributed by atoms with Gasteiger partial charge in [0, 0.05) is 56.4 Å². The van der Waals surface area contributed by atoms with E-state index >= 15 is 16.8 Å². The molecule has 0 spiro atoms. The molecule has 21 heteroatoms. The van der Waals surface area contributed by atoms with Crippen LogP contribution in [0.2, 0.25) is 0 Å². The maximum Gasteiger partial charge on any atom is 0.407 e. The zero-order valence-electron chi connectivity index (χ0n) is 37.9. The molecule has 5 aromatic carbocycles. The Morgan fingerprint density at radius 2 is 1.32 bits per heavy atom. The Morgan fingerprint density at radius 1 is 0.739 bits per heavy atom. The molecule has 0 unspecified atom stereocenters. The van der Waals surface area contributed by atoms with E-state index in [0.717, 1.165) is 10.5 Å². The van der Waals surface area contributed by atoms with Crippen LogP contribution < -0.4 is 18.9 Å². The highest BCUT2D eigenvalue weighted by Crippen LogP contribution is 2.42. The maximum atomic E-state index is 16.1. The Labute approximate surface area is 398 Å². The lowest BCUT2D eigenvalue weighted by molar-refractivity contribution is 0.139. The number of carbonyl (C=O) groups is 1. The summed E-state index contributed by atoms with van der Waals surface area (Å²) in [6.45, 7) is 0.830. The van der Waals surface area contributed by atoms with Crippen LogP contribution >= 0.6 is 0 Å². The van der Waals surface area contributed by atoms with Gasteiger partial charge >= 0.3 is 6.09 Å². The van der Waals surface area contributed by atoms with Crippen LogP contribution in [-0.4, -0.2) is 106 Å². The molecule has 0 aliphatic rings. The van der Waals surface area contributed by atoms with E-state index in [-0.39, 0.29) is 49.7 Å². The molecule has 8 aromatic rings. The highest BCUT2D eigenvalue weighted by Gasteiger charge is 2.39. The molecule has 0 aliphatic heterocycles. The van der Waals surface area contributed by atoms with Gasteiger partial charge in [0.1, 0.15) is 39.0 Å². The molecular formula is C48H48N10O9S2. The predicted molar refractivity (Wildman–Crippen MR) is 254 cm³/mol. The molecule has 2 N–H and O–H groups in total. The van der Waals surface area contributed by atoms with E-state index in [2.05, 4.69) is 25.0 Å². The topological polar surface area (TPSA) is 226 Å². The SMILES string of the molecule is COc1ccc(CN(Cc2ccc(OC)cc2)S(=O)(=O)c2c(S(=O)(=O)N[C@H](C)CN(Cc3ccccc3)C(=O)O)ccc(-c3cncn4ccnc34)c2-c2nnn(Cc3ccc(OC)cc3)n2)cc1. The van der Waals surface area contributed by atoms with Gasteiger partial charge in [0.15, 0.2) is 0 Å². The van der Waals surface area contributed by atoms with Crippen molar-refractivity contribution in [2.75, 3.05) is 27.9 Å². The smallest absolute Gasteiger partial charge is 0.407 e. The fourth-order valence-electron chi connectivity index (χ4n) is 7.76. The minimum atomic E-state index is -4.99. The second kappa shape index (κ2) is 20.7. The molecule has 0 saturated carbocycles. The van der Waals surface area contributed by atoms with Crippen LogP contribution in [0.3, 0.4) is 0 Å². The maximum absolute atomic E-state index is 16.1. The highest BCUT2D eigenvalue weighted by molar-refractivity contribution is 7.92. The van der Waals surface area contributed by atoms with Crippen LogP contribution in [0.15, 0.2) is 150 Å². The zero-order chi connectivity index (χ0) is 48.7. The molecule has 0 fully saturated rings. The van der Waals surface area contributed by atoms with Crippen molar-refractivity contribution in [3.05, 3.63) is 162 Å². The van der Waals surface area contributed by atoms with Crippen LogP contribution in [0.25, 0.3) is 28.2 Å². The Hall–Kier alpha value is -7.72. The number of imidazole rings is 1. The molecule has 356 valence electrons. The molecule has 3 heterocycles. The van der Waals surface area contributed by atoms with Gasteiger partial charge in [-0.3, -0.25) is 4.40 Å². The number of amides is 1. The molecule has 1 atom stereocenters. The van der Waals surface area contributed by atoms with Crippen molar-refractivity contribution in [2.24, 2.45) is 0 Å². The van der Waals surface area contributed by atoms with Crippen molar-refractivity contribution in [3.63, 3.8) is 0 Å². The summed E-state index contributed by atoms with van der Waals surface area (Å²) in [5.74, 6) is 1.50. The largest absolute Gasteiger partial charge is 0.497 e. The summed E-state index contributed by atoms with van der Waals surface area (Å²) < 4.78 is 84.0. The fraction of sp³-hybridized carbons (Fsp3) is 0.208. The number of benzene rings is 5. The average molecular weight is 973 g/mol. The Balaban J connectivity index is 1.34. The first-order valence-corrected chi connectivity index (χ1v) is 24.3. The monoisotopic (exact) mass is 972 g/mol. The Bertz CT molecular complexity index is 3230. The van der Waals surface area contributed by atoms with E-state index in [0.29, 0.717) is 45.1 Å². The number of aromatic nitrogens is 7. The summed E-state index contributed by atoms with van der Waals surface area (Å²) in [5, 5.41) is 23.6. The van der Waals surface area contributed by atoms with Crippen LogP contribution in [-0.2, 0) is 46.2 Å². The van der Waals surface area contributed by atoms with E-state index in [4.69, 9.17) is 19.3 Å². The molecule has 19 nitrogen and oxygen atoms in total. The van der Waals surface area contributed by atoms with Crippen LogP contribution in [0.5, 0.6) is 17.2 Å². The molecule has 69 heavy (non-hydrogen) atoms. The molecule has 0 saturated heterocycles. The van der Waals surface area contributed by atoms with Crippen molar-refractivity contribution < 1.29 is 40.9 Å². The number of ether oxygens (including phenoxy) is 3. The second-order valence-corrected chi connectivity index (χ2v) is 19.5. The lowest BCUT2D eigenvalue weighted by atomic mass is 10.0. The van der Waals surface area contributed by atoms with Gasteiger partial charge in [-0.15, -0.1) is 10.2 Å². The van der Waals surface area contributed by atoms with Gasteiger partial charge in [0.2, 0.25) is 25.9 Å². The van der Waals surface area contributed by atoms with Gasteiger partial charge < -0.3 is 24.2 Å². The van der Waals surface area contributed by atoms with Crippen molar-refractivity contribution in [1.82, 2.24) is 48.5 Å². The van der Waals surface area contributed by atoms with E-state index in [9.17, 15) is 9.90 Å². The lowest BCUT2D eigenvalue weighted by Gasteiger charge is -2.27. The third-order valence-corrected chi connectivity index (χ3v) is 14.8. The van der Waals surface area contributed by atoms with Crippen molar-refractivity contribution >= 4 is 31.8 Å². The van der Waals surface area contributed by atoms with Crippen LogP contribution in [0.1, 0.15) is 29.2 Å². The number of nitrogens with zero attached hydrogens (tertiary/aromatic N) is 9. The normalized spacial score (nSPS) is 12.2. The molecule has 0 bridgehead atoms. The summed E-state index contributed by atoms with van der Waals surface area (Å²) in [6.07, 6.45) is 4.96. The quantitative estimate of drug-likeness (QED) is 0.0848. The second-order valence-electron chi connectivity index (χ2n) is 15.9. The van der Waals surface area contributed by atoms with Crippen LogP contribution in [0, 0.1) is 0 Å². The molecular weight excluding hydrogens is 925 g/mol. The number of methoxy groups -OCH3 is 3. The lowest BCUT2D eigenvalue weighted by Crippen LogP contribution is -2.44. The molecule has 0 radical (unpaired) electrons. The van der Waals surface area contributed by atoms with Gasteiger partial charge in [-0.05, 0) is 82.4 Å². The van der Waals surface area contributed by atoms with Gasteiger partial charge in [0.25, 0.3) is 0 Å². The minimum absolute atomic E-state index is 0.0302. The zero-order valence-corrected chi connectivity index (χ0v) is 39.6. The summed E-state index contributed by atoms with van der Waals surface area (Å²) in [4.78, 5) is 22.5. The highest BCUT2D eigenvalue weighted by atomic mass is 32.2. The number of carboxylic acid groups (broad SMARTS) is 1. The summed E-state index contributed by atoms with van der Waals surface area (Å²) in [6, 6.07) is 31.3. The molecule has 1 amide bonds. The fourth-order valence-corrected chi connectivity index (χ4v) is 11.4. The Kier molecular flexibility index (Phi) is 14.3. The molecule has 0 aliphatic carbocycles. The number of fused-ring (bicyclic) bond motifs is 1. The molecule has 8 rings (SSSR count). The third-order valence-electron chi connectivity index (χ3n) is 11.1. The number of nitrogens with one attached hydrogen (secondary N) is 1. The number of hydrogen-bond acceptors (Lipinski definition) is 13. The first-order valence-electron chi connectivity index (χ1n) is 21.4. The van der Waals surface area contributed by atoms with E-state index in [1.54, 1.807) is 115 Å². The van der Waals surface area contributed by atoms with Crippen molar-refractivity contribution in [2.45, 2.75) is 48.9 Å². The summed E-state index contributed by atoms with van der Waals surface area (Å²) in [5.41, 5.74) is 3.27. The third kappa shape index (κ3) is 10.9. The minimum Gasteiger partial charge on any atom is -0.497 e. The van der Waals surface area contributed by atoms with Crippen molar-refractivity contribution in [3.8, 4) is 39.8 Å². The Morgan fingerprint density at radius 3 is 1.90 bits per heavy atom. The predicted octanol–water partition coefficient (Wildman–Crippen LogP) is 6.36. The first-order chi connectivity index (χ1) is 33.3. The summed E-state index contributed by atoms with van der Waals surface area (Å²) in [7, 11) is -5.27. The van der Waals surface area contributed by atoms with Gasteiger partial charge in [-0.1, -0.05) is 72.8 Å². The van der Waals surface area contributed by atoms with Gasteiger partial charge in [0.05, 0.1) is 33.4 Å². The van der Waals surface area contributed by atoms with E-state index in [1.165, 1.54) is 54.9 Å². The van der Waals surface area contributed by atoms with Crippen molar-refractivity contribution in [1.29, 1.82) is 0 Å². The van der Waals surface area contributed by atoms with Crippen LogP contribution in [0.4, 0.5) is 4.79 Å². The van der Waals surface area contributed by atoms with Gasteiger partial charge in [-0.25, -0.2) is 36.3 Å². The van der Waals surface area contributed by atoms with Gasteiger partial charge in [-0.2, -0.15) is 9.10 Å². The first kappa shape index (κ1) is 47.8. The number of sulfonamides is 2. The number of hydrogen-bond donors (Lipinski definition) is 2. The average Bonchev–Trinajstić information content (AvgIpc) is 4.04. The molecule has 3 aromatic heterocycles. The van der Waals surface area contributed by atoms with E-state index in [1.807, 2.05) is 12.1 Å². The standard InChI is InChI=1S/C48H48N10O9S2/c1-33(27-56(48(59)60)28-34-8-6-5-7-9-34)53-68(61,62)43-23-22-41(42-26-49-32-55-25-24-50-47(42)55)44(46-51-54-58(52-46)31-37-14-20-40(67-4)21-15-37)45(43)69(63,64)57(29-35-10-16-38(65-2)17-11-35)30-36-12-18-39(66-3)19-13-36/h5-26,32-33,53H,27-31H2,1-4H3,(H,59,60)/t33-/m1/s1. The summed E-state index contributed by atoms with van der Waals surface area (Å²) >= 11 is 0. The van der Waals surface area contributed by atoms with E-state index < -0.39 is 42.0 Å². The number of rotatable bonds is 20. The number of tetrazole rings is 1.